The van der Waals surface area contributed by atoms with Crippen LogP contribution in [0.15, 0.2) is 48.6 Å². The zero-order valence-corrected chi connectivity index (χ0v) is 46.5. The Balaban J connectivity index is 4.19. The Morgan fingerprint density at radius 3 is 1.28 bits per heavy atom. The van der Waals surface area contributed by atoms with Gasteiger partial charge in [0.05, 0.1) is 39.9 Å². The van der Waals surface area contributed by atoms with Crippen molar-refractivity contribution in [1.29, 1.82) is 0 Å². The van der Waals surface area contributed by atoms with Gasteiger partial charge in [-0.05, 0) is 64.2 Å². The molecule has 0 aromatic carbocycles. The van der Waals surface area contributed by atoms with Crippen molar-refractivity contribution in [3.63, 3.8) is 0 Å². The average molecular weight is 979 g/mol. The lowest BCUT2D eigenvalue weighted by atomic mass is 10.0. The summed E-state index contributed by atoms with van der Waals surface area (Å²) in [6, 6.07) is -0.872. The fraction of sp³-hybridized carbons (Fsp3) is 0.847. The Bertz CT molecular complexity index is 1250. The number of rotatable bonds is 53. The topological polar surface area (TPSA) is 105 Å². The molecule has 0 saturated carbocycles. The predicted octanol–water partition coefficient (Wildman–Crippen LogP) is 17.5. The van der Waals surface area contributed by atoms with Gasteiger partial charge in [0.25, 0.3) is 0 Å². The predicted molar refractivity (Wildman–Crippen MR) is 295 cm³/mol. The van der Waals surface area contributed by atoms with Crippen molar-refractivity contribution < 1.29 is 32.9 Å². The minimum Gasteiger partial charge on any atom is -0.387 e. The van der Waals surface area contributed by atoms with E-state index in [1.165, 1.54) is 186 Å². The summed E-state index contributed by atoms with van der Waals surface area (Å²) in [6.45, 7) is 4.79. The van der Waals surface area contributed by atoms with E-state index in [9.17, 15) is 19.4 Å². The zero-order valence-electron chi connectivity index (χ0n) is 45.6. The van der Waals surface area contributed by atoms with Gasteiger partial charge < -0.3 is 19.8 Å². The molecule has 400 valence electrons. The van der Waals surface area contributed by atoms with E-state index in [0.29, 0.717) is 17.4 Å². The highest BCUT2D eigenvalue weighted by Crippen LogP contribution is 2.43. The summed E-state index contributed by atoms with van der Waals surface area (Å²) < 4.78 is 23.7. The molecule has 0 rings (SSSR count). The monoisotopic (exact) mass is 978 g/mol. The van der Waals surface area contributed by atoms with Crippen LogP contribution in [0.25, 0.3) is 0 Å². The first-order chi connectivity index (χ1) is 33.0. The van der Waals surface area contributed by atoms with Gasteiger partial charge >= 0.3 is 7.82 Å². The van der Waals surface area contributed by atoms with Gasteiger partial charge in [-0.2, -0.15) is 0 Å². The summed E-state index contributed by atoms with van der Waals surface area (Å²) in [5.41, 5.74) is 0. The van der Waals surface area contributed by atoms with E-state index in [2.05, 4.69) is 55.6 Å². The molecule has 0 heterocycles. The maximum absolute atomic E-state index is 12.9. The summed E-state index contributed by atoms with van der Waals surface area (Å²) in [6.07, 6.45) is 66.6. The van der Waals surface area contributed by atoms with Crippen molar-refractivity contribution in [1.82, 2.24) is 5.32 Å². The number of aliphatic hydroxyl groups excluding tert-OH is 1. The number of aliphatic hydroxyl groups is 1. The Morgan fingerprint density at radius 2 is 0.853 bits per heavy atom. The molecule has 3 atom stereocenters. The van der Waals surface area contributed by atoms with Gasteiger partial charge in [0, 0.05) is 6.42 Å². The van der Waals surface area contributed by atoms with E-state index in [-0.39, 0.29) is 19.1 Å². The van der Waals surface area contributed by atoms with Crippen LogP contribution in [-0.2, 0) is 18.4 Å². The molecule has 0 saturated heterocycles. The molecule has 3 N–H and O–H groups in total. The normalized spacial score (nSPS) is 14.3. The maximum Gasteiger partial charge on any atom is 0.472 e. The smallest absolute Gasteiger partial charge is 0.387 e. The largest absolute Gasteiger partial charge is 0.472 e. The molecule has 0 aromatic rings. The minimum atomic E-state index is -4.36. The molecule has 8 nitrogen and oxygen atoms in total. The number of unbranched alkanes of at least 4 members (excludes halogenated alkanes) is 34. The van der Waals surface area contributed by atoms with Crippen molar-refractivity contribution in [2.75, 3.05) is 40.9 Å². The standard InChI is InChI=1S/C59H113N2O6P/c1-6-8-10-12-14-16-18-20-22-24-25-26-27-28-29-30-31-32-33-34-35-36-37-38-40-42-44-46-48-50-52-58(62)57(56-67-68(64,65)66-55-54-61(3,4)5)60-59(63)53-51-49-47-45-43-41-39-23-21-19-17-15-13-11-9-7-2/h17,19,23,39,42,44,50,52,57-58,62H,6-16,18,20-22,24-38,40-41,43,45-49,51,53-56H2,1-5H3,(H-,60,63,64,65)/p+1/b19-17-,39-23-,44-42+,52-50+. The van der Waals surface area contributed by atoms with E-state index in [4.69, 9.17) is 9.05 Å². The SMILES string of the molecule is CCCCCC/C=C\C/C=C\CCCCCCCC(=O)NC(COP(=O)(O)OCC[N+](C)(C)C)C(O)/C=C/CC/C=C/CCCCCCCCCCCCCCCCCCCCCCCCCC. The van der Waals surface area contributed by atoms with Crippen LogP contribution in [0.3, 0.4) is 0 Å². The Morgan fingerprint density at radius 1 is 0.500 bits per heavy atom. The van der Waals surface area contributed by atoms with Crippen LogP contribution in [0, 0.1) is 0 Å². The summed E-state index contributed by atoms with van der Waals surface area (Å²) in [4.78, 5) is 23.2. The van der Waals surface area contributed by atoms with Crippen LogP contribution in [0.5, 0.6) is 0 Å². The lowest BCUT2D eigenvalue weighted by Crippen LogP contribution is -2.45. The van der Waals surface area contributed by atoms with Crippen LogP contribution >= 0.6 is 7.82 Å². The number of hydrogen-bond acceptors (Lipinski definition) is 5. The Hall–Kier alpha value is -1.54. The number of likely N-dealkylation sites (N-methyl/N-ethyl adjacent to an activating group) is 1. The van der Waals surface area contributed by atoms with Gasteiger partial charge in [0.1, 0.15) is 13.2 Å². The van der Waals surface area contributed by atoms with Gasteiger partial charge in [0.15, 0.2) is 0 Å². The molecule has 0 fully saturated rings. The van der Waals surface area contributed by atoms with Crippen molar-refractivity contribution in [3.05, 3.63) is 48.6 Å². The van der Waals surface area contributed by atoms with Crippen LogP contribution in [0.2, 0.25) is 0 Å². The first-order valence-electron chi connectivity index (χ1n) is 29.0. The summed E-state index contributed by atoms with van der Waals surface area (Å²) >= 11 is 0. The van der Waals surface area contributed by atoms with Crippen molar-refractivity contribution in [2.45, 2.75) is 283 Å². The molecule has 0 bridgehead atoms. The molecule has 0 radical (unpaired) electrons. The first kappa shape index (κ1) is 66.5. The number of carbonyl (C=O) groups is 1. The number of nitrogens with one attached hydrogen (secondary N) is 1. The van der Waals surface area contributed by atoms with Gasteiger partial charge in [-0.25, -0.2) is 4.57 Å². The van der Waals surface area contributed by atoms with E-state index >= 15 is 0 Å². The number of amides is 1. The number of phosphoric acid groups is 1. The second-order valence-corrected chi connectivity index (χ2v) is 22.5. The molecule has 1 amide bonds. The number of carbonyl (C=O) groups excluding carboxylic acids is 1. The third-order valence-corrected chi connectivity index (χ3v) is 14.0. The molecule has 68 heavy (non-hydrogen) atoms. The quantitative estimate of drug-likeness (QED) is 0.0243. The maximum atomic E-state index is 12.9. The van der Waals surface area contributed by atoms with E-state index in [1.54, 1.807) is 6.08 Å². The number of nitrogens with zero attached hydrogens (tertiary/aromatic N) is 1. The lowest BCUT2D eigenvalue weighted by molar-refractivity contribution is -0.870. The Kier molecular flexibility index (Phi) is 49.3. The molecular weight excluding hydrogens is 864 g/mol. The molecule has 0 spiro atoms. The summed E-state index contributed by atoms with van der Waals surface area (Å²) in [5.74, 6) is -0.199. The second kappa shape index (κ2) is 50.4. The number of hydrogen-bond donors (Lipinski definition) is 3. The van der Waals surface area contributed by atoms with E-state index in [1.807, 2.05) is 27.2 Å². The molecule has 9 heteroatoms. The lowest BCUT2D eigenvalue weighted by Gasteiger charge is -2.25. The second-order valence-electron chi connectivity index (χ2n) is 21.0. The van der Waals surface area contributed by atoms with Gasteiger partial charge in [-0.1, -0.05) is 249 Å². The first-order valence-corrected chi connectivity index (χ1v) is 30.5. The fourth-order valence-electron chi connectivity index (χ4n) is 8.44. The highest BCUT2D eigenvalue weighted by atomic mass is 31.2. The molecule has 0 aromatic heterocycles. The molecule has 0 aliphatic heterocycles. The van der Waals surface area contributed by atoms with Crippen LogP contribution in [0.4, 0.5) is 0 Å². The van der Waals surface area contributed by atoms with Gasteiger partial charge in [-0.3, -0.25) is 13.8 Å². The average Bonchev–Trinajstić information content (AvgIpc) is 3.30. The molecule has 3 unspecified atom stereocenters. The van der Waals surface area contributed by atoms with Crippen molar-refractivity contribution in [3.8, 4) is 0 Å². The number of phosphoric ester groups is 1. The van der Waals surface area contributed by atoms with Gasteiger partial charge in [0.2, 0.25) is 5.91 Å². The number of quaternary nitrogens is 1. The third kappa shape index (κ3) is 52.3. The Labute approximate surface area is 422 Å². The van der Waals surface area contributed by atoms with Crippen LogP contribution in [0.1, 0.15) is 271 Å². The van der Waals surface area contributed by atoms with Crippen LogP contribution in [-0.4, -0.2) is 73.4 Å². The van der Waals surface area contributed by atoms with Crippen molar-refractivity contribution in [2.24, 2.45) is 0 Å². The summed E-state index contributed by atoms with van der Waals surface area (Å²) in [5, 5.41) is 13.9. The summed E-state index contributed by atoms with van der Waals surface area (Å²) in [7, 11) is 1.55. The minimum absolute atomic E-state index is 0.0524. The number of allylic oxidation sites excluding steroid dienone is 7. The third-order valence-electron chi connectivity index (χ3n) is 13.0. The van der Waals surface area contributed by atoms with Crippen LogP contribution < -0.4 is 5.32 Å². The van der Waals surface area contributed by atoms with Gasteiger partial charge in [-0.15, -0.1) is 0 Å². The molecule has 0 aliphatic carbocycles. The van der Waals surface area contributed by atoms with E-state index < -0.39 is 20.0 Å². The molecular formula is C59H114N2O6P+. The fourth-order valence-corrected chi connectivity index (χ4v) is 9.18. The van der Waals surface area contributed by atoms with Crippen molar-refractivity contribution >= 4 is 13.7 Å². The zero-order chi connectivity index (χ0) is 49.9. The highest BCUT2D eigenvalue weighted by molar-refractivity contribution is 7.47. The highest BCUT2D eigenvalue weighted by Gasteiger charge is 2.27. The van der Waals surface area contributed by atoms with E-state index in [0.717, 1.165) is 64.2 Å². The molecule has 0 aliphatic rings.